The van der Waals surface area contributed by atoms with Gasteiger partial charge in [0, 0.05) is 11.6 Å². The van der Waals surface area contributed by atoms with E-state index < -0.39 is 10.0 Å². The highest BCUT2D eigenvalue weighted by atomic mass is 35.5. The molecule has 1 N–H and O–H groups in total. The van der Waals surface area contributed by atoms with E-state index in [2.05, 4.69) is 17.1 Å². The number of hydrogen-bond acceptors (Lipinski definition) is 4. The van der Waals surface area contributed by atoms with Crippen LogP contribution in [-0.4, -0.2) is 51.9 Å². The number of carbonyl (C=O) groups excluding carboxylic acids is 1. The van der Waals surface area contributed by atoms with Gasteiger partial charge < -0.3 is 10.2 Å². The Labute approximate surface area is 196 Å². The van der Waals surface area contributed by atoms with Gasteiger partial charge in [-0.25, -0.2) is 8.42 Å². The number of aryl methyl sites for hydroxylation is 1. The number of nitrogens with one attached hydrogen (secondary N) is 1. The first-order valence-electron chi connectivity index (χ1n) is 11.1. The summed E-state index contributed by atoms with van der Waals surface area (Å²) in [5.74, 6) is 0.451. The summed E-state index contributed by atoms with van der Waals surface area (Å²) in [6, 6.07) is 13.1. The van der Waals surface area contributed by atoms with Crippen molar-refractivity contribution in [2.75, 3.05) is 37.0 Å². The summed E-state index contributed by atoms with van der Waals surface area (Å²) in [7, 11) is -3.93. The number of nitrogens with zero attached hydrogens (tertiary/aromatic N) is 2. The molecule has 0 aromatic heterocycles. The Morgan fingerprint density at radius 3 is 2.50 bits per heavy atom. The molecule has 1 fully saturated rings. The van der Waals surface area contributed by atoms with Gasteiger partial charge in [-0.1, -0.05) is 42.8 Å². The molecule has 8 heteroatoms. The molecule has 0 saturated carbocycles. The summed E-state index contributed by atoms with van der Waals surface area (Å²) in [5.41, 5.74) is 1.20. The van der Waals surface area contributed by atoms with Crippen LogP contribution in [-0.2, 0) is 14.8 Å². The molecule has 0 radical (unpaired) electrons. The number of carbonyl (C=O) groups is 1. The maximum absolute atomic E-state index is 13.3. The molecule has 0 spiro atoms. The molecule has 0 unspecified atom stereocenters. The third-order valence-electron chi connectivity index (χ3n) is 5.91. The molecule has 2 aromatic carbocycles. The van der Waals surface area contributed by atoms with Crippen molar-refractivity contribution in [1.82, 2.24) is 10.2 Å². The van der Waals surface area contributed by atoms with Gasteiger partial charge in [-0.2, -0.15) is 0 Å². The van der Waals surface area contributed by atoms with Crippen LogP contribution >= 0.6 is 11.6 Å². The normalized spacial score (nSPS) is 15.5. The van der Waals surface area contributed by atoms with E-state index in [0.29, 0.717) is 17.3 Å². The summed E-state index contributed by atoms with van der Waals surface area (Å²) >= 11 is 6.25. The van der Waals surface area contributed by atoms with Gasteiger partial charge in [0.15, 0.2) is 0 Å². The minimum absolute atomic E-state index is 0.129. The van der Waals surface area contributed by atoms with Crippen LogP contribution in [0.3, 0.4) is 0 Å². The van der Waals surface area contributed by atoms with Gasteiger partial charge in [-0.15, -0.1) is 0 Å². The number of piperidine rings is 1. The smallest absolute Gasteiger partial charge is 0.264 e. The Hall–Kier alpha value is -2.09. The molecule has 0 atom stereocenters. The van der Waals surface area contributed by atoms with Gasteiger partial charge in [0.1, 0.15) is 6.54 Å². The lowest BCUT2D eigenvalue weighted by atomic mass is 9.99. The van der Waals surface area contributed by atoms with Crippen molar-refractivity contribution in [3.8, 4) is 0 Å². The summed E-state index contributed by atoms with van der Waals surface area (Å²) in [6.07, 6.45) is 3.28. The van der Waals surface area contributed by atoms with Crippen molar-refractivity contribution in [2.24, 2.45) is 5.92 Å². The van der Waals surface area contributed by atoms with Gasteiger partial charge in [-0.3, -0.25) is 9.10 Å². The van der Waals surface area contributed by atoms with E-state index in [-0.39, 0.29) is 17.3 Å². The lowest BCUT2D eigenvalue weighted by molar-refractivity contribution is -0.119. The average Bonchev–Trinajstić information content (AvgIpc) is 2.79. The van der Waals surface area contributed by atoms with Crippen LogP contribution in [0.25, 0.3) is 0 Å². The maximum Gasteiger partial charge on any atom is 0.264 e. The Bertz CT molecular complexity index is 1010. The number of likely N-dealkylation sites (tertiary alicyclic amines) is 1. The number of anilines is 1. The third-order valence-corrected chi connectivity index (χ3v) is 8.11. The van der Waals surface area contributed by atoms with Crippen LogP contribution in [0.4, 0.5) is 5.69 Å². The molecule has 3 rings (SSSR count). The lowest BCUT2D eigenvalue weighted by Crippen LogP contribution is -2.42. The van der Waals surface area contributed by atoms with Gasteiger partial charge >= 0.3 is 0 Å². The fourth-order valence-electron chi connectivity index (χ4n) is 3.77. The highest BCUT2D eigenvalue weighted by Gasteiger charge is 2.27. The molecule has 2 aromatic rings. The zero-order valence-corrected chi connectivity index (χ0v) is 20.3. The predicted molar refractivity (Wildman–Crippen MR) is 130 cm³/mol. The van der Waals surface area contributed by atoms with E-state index in [4.69, 9.17) is 11.6 Å². The molecule has 32 heavy (non-hydrogen) atoms. The molecule has 0 bridgehead atoms. The largest absolute Gasteiger partial charge is 0.354 e. The number of benzene rings is 2. The van der Waals surface area contributed by atoms with E-state index in [1.165, 1.54) is 25.0 Å². The minimum atomic E-state index is -3.93. The van der Waals surface area contributed by atoms with Crippen molar-refractivity contribution in [2.45, 2.75) is 38.0 Å². The van der Waals surface area contributed by atoms with Crippen LogP contribution in [0.1, 0.15) is 31.7 Å². The Balaban J connectivity index is 1.66. The first kappa shape index (κ1) is 24.6. The average molecular weight is 478 g/mol. The first-order valence-corrected chi connectivity index (χ1v) is 12.9. The van der Waals surface area contributed by atoms with Crippen LogP contribution in [0.2, 0.25) is 5.02 Å². The Morgan fingerprint density at radius 1 is 1.16 bits per heavy atom. The van der Waals surface area contributed by atoms with Crippen molar-refractivity contribution >= 4 is 33.2 Å². The van der Waals surface area contributed by atoms with Crippen molar-refractivity contribution in [3.63, 3.8) is 0 Å². The highest BCUT2D eigenvalue weighted by Crippen LogP contribution is 2.28. The number of amides is 1. The summed E-state index contributed by atoms with van der Waals surface area (Å²) in [6.45, 7) is 7.48. The molecule has 1 heterocycles. The molecular formula is C24H32ClN3O3S. The van der Waals surface area contributed by atoms with E-state index in [1.807, 2.05) is 6.92 Å². The molecule has 6 nitrogen and oxygen atoms in total. The second-order valence-electron chi connectivity index (χ2n) is 8.49. The maximum atomic E-state index is 13.3. The quantitative estimate of drug-likeness (QED) is 0.552. The van der Waals surface area contributed by atoms with Crippen LogP contribution in [0.5, 0.6) is 0 Å². The van der Waals surface area contributed by atoms with Crippen molar-refractivity contribution < 1.29 is 13.2 Å². The second kappa shape index (κ2) is 11.2. The second-order valence-corrected chi connectivity index (χ2v) is 10.8. The molecule has 1 saturated heterocycles. The Kier molecular flexibility index (Phi) is 8.57. The van der Waals surface area contributed by atoms with E-state index in [1.54, 1.807) is 36.4 Å². The van der Waals surface area contributed by atoms with Gasteiger partial charge in [0.25, 0.3) is 10.0 Å². The number of halogens is 1. The fourth-order valence-corrected chi connectivity index (χ4v) is 5.38. The molecule has 1 aliphatic heterocycles. The molecule has 1 amide bonds. The molecule has 0 aliphatic carbocycles. The van der Waals surface area contributed by atoms with Gasteiger partial charge in [0.05, 0.1) is 10.6 Å². The van der Waals surface area contributed by atoms with Crippen molar-refractivity contribution in [1.29, 1.82) is 0 Å². The van der Waals surface area contributed by atoms with Gasteiger partial charge in [0.2, 0.25) is 5.91 Å². The number of hydrogen-bond donors (Lipinski definition) is 1. The summed E-state index contributed by atoms with van der Waals surface area (Å²) < 4.78 is 27.8. The van der Waals surface area contributed by atoms with Crippen LogP contribution in [0.15, 0.2) is 53.4 Å². The predicted octanol–water partition coefficient (Wildman–Crippen LogP) is 4.08. The number of rotatable bonds is 9. The Morgan fingerprint density at radius 2 is 1.84 bits per heavy atom. The highest BCUT2D eigenvalue weighted by molar-refractivity contribution is 7.92. The zero-order valence-electron chi connectivity index (χ0n) is 18.8. The zero-order chi connectivity index (χ0) is 23.1. The van der Waals surface area contributed by atoms with Crippen LogP contribution in [0, 0.1) is 12.8 Å². The van der Waals surface area contributed by atoms with E-state index in [0.717, 1.165) is 41.8 Å². The topological polar surface area (TPSA) is 69.7 Å². The van der Waals surface area contributed by atoms with Crippen LogP contribution < -0.4 is 9.62 Å². The minimum Gasteiger partial charge on any atom is -0.354 e. The summed E-state index contributed by atoms with van der Waals surface area (Å²) in [5, 5.41) is 3.33. The van der Waals surface area contributed by atoms with E-state index >= 15 is 0 Å². The monoisotopic (exact) mass is 477 g/mol. The number of sulfonamides is 1. The summed E-state index contributed by atoms with van der Waals surface area (Å²) in [4.78, 5) is 15.2. The standard InChI is InChI=1S/C24H32ClN3O3S/c1-19-11-15-27(16-12-19)14-6-13-26-24(29)18-28(21-10-9-20(2)23(25)17-21)32(30,31)22-7-4-3-5-8-22/h3-5,7-10,17,19H,6,11-16,18H2,1-2H3,(H,26,29). The third kappa shape index (κ3) is 6.47. The lowest BCUT2D eigenvalue weighted by Gasteiger charge is -2.30. The van der Waals surface area contributed by atoms with E-state index in [9.17, 15) is 13.2 Å². The fraction of sp³-hybridized carbons (Fsp3) is 0.458. The molecule has 1 aliphatic rings. The SMILES string of the molecule is Cc1ccc(N(CC(=O)NCCCN2CCC(C)CC2)S(=O)(=O)c2ccccc2)cc1Cl. The van der Waals surface area contributed by atoms with Crippen molar-refractivity contribution in [3.05, 3.63) is 59.1 Å². The van der Waals surface area contributed by atoms with Gasteiger partial charge in [-0.05, 0) is 81.6 Å². The first-order chi connectivity index (χ1) is 15.3. The molecular weight excluding hydrogens is 446 g/mol. The molecule has 174 valence electrons.